The molecular formula is C25H37N5S. The van der Waals surface area contributed by atoms with E-state index in [4.69, 9.17) is 0 Å². The summed E-state index contributed by atoms with van der Waals surface area (Å²) in [6.07, 6.45) is 5.05. The van der Waals surface area contributed by atoms with E-state index < -0.39 is 0 Å². The third-order valence-electron chi connectivity index (χ3n) is 6.63. The summed E-state index contributed by atoms with van der Waals surface area (Å²) in [4.78, 5) is 11.2. The van der Waals surface area contributed by atoms with Gasteiger partial charge in [0.05, 0.1) is 6.04 Å². The van der Waals surface area contributed by atoms with Gasteiger partial charge >= 0.3 is 0 Å². The van der Waals surface area contributed by atoms with Crippen molar-refractivity contribution in [1.29, 1.82) is 0 Å². The first-order valence-electron chi connectivity index (χ1n) is 11.8. The number of nitrogens with one attached hydrogen (secondary N) is 2. The number of aliphatic imine (C=N–C) groups is 1. The number of rotatable bonds is 9. The van der Waals surface area contributed by atoms with Crippen LogP contribution >= 0.6 is 11.3 Å². The van der Waals surface area contributed by atoms with Crippen molar-refractivity contribution in [2.24, 2.45) is 10.9 Å². The zero-order valence-electron chi connectivity index (χ0n) is 18.8. The smallest absolute Gasteiger partial charge is 0.191 e. The fourth-order valence-corrected chi connectivity index (χ4v) is 5.67. The minimum Gasteiger partial charge on any atom is -0.356 e. The molecule has 1 aromatic heterocycles. The van der Waals surface area contributed by atoms with Crippen LogP contribution in [0.25, 0.3) is 0 Å². The van der Waals surface area contributed by atoms with Crippen molar-refractivity contribution in [2.45, 2.75) is 31.7 Å². The molecule has 0 saturated carbocycles. The largest absolute Gasteiger partial charge is 0.356 e. The van der Waals surface area contributed by atoms with E-state index in [-0.39, 0.29) is 0 Å². The lowest BCUT2D eigenvalue weighted by atomic mass is 10.1. The van der Waals surface area contributed by atoms with E-state index >= 15 is 0 Å². The Hall–Kier alpha value is -1.89. The Balaban J connectivity index is 1.20. The second kappa shape index (κ2) is 11.7. The number of nitrogens with zero attached hydrogens (tertiary/aromatic N) is 3. The summed E-state index contributed by atoms with van der Waals surface area (Å²) >= 11 is 1.87. The molecule has 0 spiro atoms. The molecular weight excluding hydrogens is 402 g/mol. The topological polar surface area (TPSA) is 42.9 Å². The monoisotopic (exact) mass is 439 g/mol. The maximum Gasteiger partial charge on any atom is 0.191 e. The molecule has 0 aliphatic carbocycles. The van der Waals surface area contributed by atoms with E-state index in [1.807, 2.05) is 18.4 Å². The Morgan fingerprint density at radius 2 is 1.94 bits per heavy atom. The van der Waals surface area contributed by atoms with Crippen LogP contribution in [0.15, 0.2) is 52.8 Å². The minimum absolute atomic E-state index is 0.445. The van der Waals surface area contributed by atoms with E-state index in [1.165, 1.54) is 55.9 Å². The summed E-state index contributed by atoms with van der Waals surface area (Å²) < 4.78 is 0. The lowest BCUT2D eigenvalue weighted by Gasteiger charge is -2.27. The lowest BCUT2D eigenvalue weighted by Crippen LogP contribution is -2.44. The van der Waals surface area contributed by atoms with Gasteiger partial charge in [-0.15, -0.1) is 11.3 Å². The van der Waals surface area contributed by atoms with Crippen molar-refractivity contribution in [1.82, 2.24) is 20.4 Å². The normalized spacial score (nSPS) is 21.5. The fraction of sp³-hybridized carbons (Fsp3) is 0.560. The van der Waals surface area contributed by atoms with E-state index in [0.29, 0.717) is 12.0 Å². The van der Waals surface area contributed by atoms with E-state index in [2.05, 4.69) is 73.3 Å². The van der Waals surface area contributed by atoms with Gasteiger partial charge in [-0.2, -0.15) is 0 Å². The molecule has 2 aromatic rings. The molecule has 2 saturated heterocycles. The molecule has 5 nitrogen and oxygen atoms in total. The van der Waals surface area contributed by atoms with Gasteiger partial charge in [0.15, 0.2) is 5.96 Å². The van der Waals surface area contributed by atoms with Crippen LogP contribution in [0.5, 0.6) is 0 Å². The number of guanidine groups is 1. The maximum atomic E-state index is 4.49. The molecule has 0 amide bonds. The van der Waals surface area contributed by atoms with Crippen LogP contribution in [0.4, 0.5) is 0 Å². The summed E-state index contributed by atoms with van der Waals surface area (Å²) in [7, 11) is 1.88. The van der Waals surface area contributed by atoms with Crippen molar-refractivity contribution in [3.05, 3.63) is 58.3 Å². The molecule has 6 heteroatoms. The van der Waals surface area contributed by atoms with Crippen molar-refractivity contribution >= 4 is 17.3 Å². The number of thiophene rings is 1. The predicted molar refractivity (Wildman–Crippen MR) is 132 cm³/mol. The second-order valence-electron chi connectivity index (χ2n) is 8.80. The molecule has 2 aliphatic rings. The number of likely N-dealkylation sites (tertiary alicyclic amines) is 2. The zero-order valence-corrected chi connectivity index (χ0v) is 19.6. The van der Waals surface area contributed by atoms with Gasteiger partial charge in [0.25, 0.3) is 0 Å². The highest BCUT2D eigenvalue weighted by Gasteiger charge is 2.25. The van der Waals surface area contributed by atoms with Gasteiger partial charge in [-0.05, 0) is 68.2 Å². The maximum absolute atomic E-state index is 4.49. The first kappa shape index (κ1) is 22.3. The number of hydrogen-bond donors (Lipinski definition) is 2. The Morgan fingerprint density at radius 3 is 2.68 bits per heavy atom. The Kier molecular flexibility index (Phi) is 8.38. The van der Waals surface area contributed by atoms with Crippen molar-refractivity contribution in [3.63, 3.8) is 0 Å². The van der Waals surface area contributed by atoms with Gasteiger partial charge in [-0.25, -0.2) is 0 Å². The van der Waals surface area contributed by atoms with E-state index in [1.54, 1.807) is 0 Å². The average Bonchev–Trinajstić information content (AvgIpc) is 3.59. The van der Waals surface area contributed by atoms with E-state index in [9.17, 15) is 0 Å². The highest BCUT2D eigenvalue weighted by molar-refractivity contribution is 7.10. The average molecular weight is 440 g/mol. The molecule has 31 heavy (non-hydrogen) atoms. The minimum atomic E-state index is 0.445. The van der Waals surface area contributed by atoms with Crippen LogP contribution in [0.1, 0.15) is 35.7 Å². The highest BCUT2D eigenvalue weighted by Crippen LogP contribution is 2.27. The molecule has 2 fully saturated rings. The van der Waals surface area contributed by atoms with Crippen molar-refractivity contribution < 1.29 is 0 Å². The van der Waals surface area contributed by atoms with Crippen molar-refractivity contribution in [3.8, 4) is 0 Å². The summed E-state index contributed by atoms with van der Waals surface area (Å²) in [5.74, 6) is 1.63. The van der Waals surface area contributed by atoms with E-state index in [0.717, 1.165) is 32.0 Å². The first-order valence-corrected chi connectivity index (χ1v) is 12.7. The van der Waals surface area contributed by atoms with Gasteiger partial charge in [0.1, 0.15) is 0 Å². The van der Waals surface area contributed by atoms with Gasteiger partial charge in [0, 0.05) is 38.1 Å². The van der Waals surface area contributed by atoms with Crippen LogP contribution in [0.3, 0.4) is 0 Å². The molecule has 3 heterocycles. The molecule has 2 unspecified atom stereocenters. The summed E-state index contributed by atoms with van der Waals surface area (Å²) in [6, 6.07) is 15.7. The SMILES string of the molecule is CN=C(NCC1CCN(CCc2ccccc2)C1)NCC(c1cccs1)N1CCCC1. The molecule has 4 rings (SSSR count). The van der Waals surface area contributed by atoms with Crippen LogP contribution in [0.2, 0.25) is 0 Å². The number of benzene rings is 1. The molecule has 168 valence electrons. The lowest BCUT2D eigenvalue weighted by molar-refractivity contribution is 0.249. The second-order valence-corrected chi connectivity index (χ2v) is 9.78. The fourth-order valence-electron chi connectivity index (χ4n) is 4.81. The quantitative estimate of drug-likeness (QED) is 0.463. The molecule has 2 N–H and O–H groups in total. The van der Waals surface area contributed by atoms with Crippen LogP contribution in [-0.4, -0.2) is 68.6 Å². The Labute approximate surface area is 191 Å². The summed E-state index contributed by atoms with van der Waals surface area (Å²) in [5, 5.41) is 9.39. The first-order chi connectivity index (χ1) is 15.3. The summed E-state index contributed by atoms with van der Waals surface area (Å²) in [5.41, 5.74) is 1.44. The van der Waals surface area contributed by atoms with Gasteiger partial charge < -0.3 is 15.5 Å². The molecule has 0 bridgehead atoms. The standard InChI is InChI=1S/C25H37N5S/c1-26-25(28-19-23(24-10-7-17-31-24)30-13-5-6-14-30)27-18-22-12-16-29(20-22)15-11-21-8-3-2-4-9-21/h2-4,7-10,17,22-23H,5-6,11-16,18-20H2,1H3,(H2,26,27,28). The van der Waals surface area contributed by atoms with Crippen LogP contribution < -0.4 is 10.6 Å². The predicted octanol–water partition coefficient (Wildman–Crippen LogP) is 3.61. The number of hydrogen-bond acceptors (Lipinski definition) is 4. The van der Waals surface area contributed by atoms with Gasteiger partial charge in [-0.1, -0.05) is 36.4 Å². The molecule has 2 aliphatic heterocycles. The van der Waals surface area contributed by atoms with Crippen molar-refractivity contribution in [2.75, 3.05) is 52.9 Å². The third-order valence-corrected chi connectivity index (χ3v) is 7.60. The Bertz CT molecular complexity index is 786. The van der Waals surface area contributed by atoms with Crippen LogP contribution in [0, 0.1) is 5.92 Å². The highest BCUT2D eigenvalue weighted by atomic mass is 32.1. The zero-order chi connectivity index (χ0) is 21.3. The van der Waals surface area contributed by atoms with Gasteiger partial charge in [0.2, 0.25) is 0 Å². The molecule has 1 aromatic carbocycles. The van der Waals surface area contributed by atoms with Gasteiger partial charge in [-0.3, -0.25) is 9.89 Å². The molecule has 0 radical (unpaired) electrons. The third kappa shape index (κ3) is 6.55. The van der Waals surface area contributed by atoms with Crippen LogP contribution in [-0.2, 0) is 6.42 Å². The molecule has 2 atom stereocenters. The Morgan fingerprint density at radius 1 is 1.10 bits per heavy atom. The summed E-state index contributed by atoms with van der Waals surface area (Å²) in [6.45, 7) is 7.87.